The van der Waals surface area contributed by atoms with Gasteiger partial charge in [0.2, 0.25) is 5.78 Å². The number of nitrogens with two attached hydrogens (primary N) is 1. The molecule has 1 fully saturated rings. The lowest BCUT2D eigenvalue weighted by Gasteiger charge is -2.55. The number of benzene rings is 1. The predicted molar refractivity (Wildman–Crippen MR) is 123 cm³/mol. The second-order valence-electron chi connectivity index (χ2n) is 9.52. The van der Waals surface area contributed by atoms with Crippen molar-refractivity contribution >= 4 is 34.8 Å². The second-order valence-corrected chi connectivity index (χ2v) is 9.90. The number of likely N-dealkylation sites (N-methyl/N-ethyl adjacent to an activating group) is 1. The lowest BCUT2D eigenvalue weighted by Crippen LogP contribution is -2.71. The number of hydrogen-bond donors (Lipinski definition) is 7. The average molecular weight is 525 g/mol. The molecule has 3 aliphatic rings. The molecule has 194 valence electrons. The number of ether oxygens (including phenoxy) is 1. The fraction of sp³-hybridized carbons (Fsp3) is 0.435. The van der Waals surface area contributed by atoms with Crippen LogP contribution in [0.4, 0.5) is 0 Å². The van der Waals surface area contributed by atoms with E-state index in [4.69, 9.17) is 22.1 Å². The molecule has 1 amide bonds. The summed E-state index contributed by atoms with van der Waals surface area (Å²) in [6, 6.07) is -0.526. The van der Waals surface area contributed by atoms with Gasteiger partial charge in [0.25, 0.3) is 5.91 Å². The number of primary amides is 1. The van der Waals surface area contributed by atoms with Gasteiger partial charge in [0.15, 0.2) is 11.4 Å². The third kappa shape index (κ3) is 2.93. The highest BCUT2D eigenvalue weighted by atomic mass is 35.5. The minimum atomic E-state index is -3.09. The third-order valence-electron chi connectivity index (χ3n) is 7.38. The highest BCUT2D eigenvalue weighted by Gasteiger charge is 2.70. The molecule has 0 saturated heterocycles. The SMILES string of the molecule is COc1cc(O)c2c(c1Cl)C(C)(O)C1C(=C2O)C(=O)C2(O)C(O)=C(C(N)=O)C(=O)C(N(C)C)C2C1O. The lowest BCUT2D eigenvalue weighted by molar-refractivity contribution is -0.181. The summed E-state index contributed by atoms with van der Waals surface area (Å²) in [6.07, 6.45) is -1.98. The van der Waals surface area contributed by atoms with Crippen LogP contribution in [0.3, 0.4) is 0 Å². The van der Waals surface area contributed by atoms with Crippen LogP contribution in [0.2, 0.25) is 5.02 Å². The summed E-state index contributed by atoms with van der Waals surface area (Å²) in [5.41, 5.74) is -2.64. The van der Waals surface area contributed by atoms with E-state index in [2.05, 4.69) is 0 Å². The molecule has 0 bridgehead atoms. The summed E-state index contributed by atoms with van der Waals surface area (Å²) in [6.45, 7) is 1.16. The van der Waals surface area contributed by atoms with Crippen LogP contribution in [0.15, 0.2) is 23.0 Å². The first-order valence-electron chi connectivity index (χ1n) is 10.7. The minimum absolute atomic E-state index is 0.0803. The number of amides is 1. The van der Waals surface area contributed by atoms with Crippen molar-refractivity contribution in [1.29, 1.82) is 0 Å². The maximum absolute atomic E-state index is 13.8. The average Bonchev–Trinajstić information content (AvgIpc) is 2.77. The minimum Gasteiger partial charge on any atom is -0.508 e. The van der Waals surface area contributed by atoms with Crippen LogP contribution in [-0.4, -0.2) is 92.0 Å². The summed E-state index contributed by atoms with van der Waals surface area (Å²) in [7, 11) is 3.99. The van der Waals surface area contributed by atoms with Gasteiger partial charge in [-0.15, -0.1) is 0 Å². The van der Waals surface area contributed by atoms with Crippen LogP contribution >= 0.6 is 11.6 Å². The van der Waals surface area contributed by atoms with Gasteiger partial charge in [-0.2, -0.15) is 0 Å². The van der Waals surface area contributed by atoms with Gasteiger partial charge in [-0.25, -0.2) is 0 Å². The van der Waals surface area contributed by atoms with Crippen molar-refractivity contribution in [2.24, 2.45) is 17.6 Å². The Morgan fingerprint density at radius 3 is 2.28 bits per heavy atom. The van der Waals surface area contributed by atoms with E-state index in [1.54, 1.807) is 0 Å². The van der Waals surface area contributed by atoms with E-state index in [9.17, 15) is 45.0 Å². The molecule has 13 heteroatoms. The molecule has 1 aromatic rings. The van der Waals surface area contributed by atoms with Crippen LogP contribution in [0.5, 0.6) is 11.5 Å². The normalized spacial score (nSPS) is 33.9. The number of fused-ring (bicyclic) bond motifs is 3. The van der Waals surface area contributed by atoms with E-state index in [-0.39, 0.29) is 16.3 Å². The number of hydrogen-bond acceptors (Lipinski definition) is 11. The monoisotopic (exact) mass is 524 g/mol. The number of nitrogens with zero attached hydrogens (tertiary/aromatic N) is 1. The number of phenolic OH excluding ortho intramolecular Hbond substituents is 1. The Hall–Kier alpha value is -3.16. The predicted octanol–water partition coefficient (Wildman–Crippen LogP) is -0.738. The highest BCUT2D eigenvalue weighted by molar-refractivity contribution is 6.33. The van der Waals surface area contributed by atoms with E-state index >= 15 is 0 Å². The Labute approximate surface area is 209 Å². The lowest BCUT2D eigenvalue weighted by atomic mass is 9.53. The first-order chi connectivity index (χ1) is 16.6. The Bertz CT molecular complexity index is 1300. The fourth-order valence-electron chi connectivity index (χ4n) is 5.86. The first-order valence-corrected chi connectivity index (χ1v) is 11.1. The molecule has 12 nitrogen and oxygen atoms in total. The molecule has 0 heterocycles. The number of methoxy groups -OCH3 is 1. The van der Waals surface area contributed by atoms with Gasteiger partial charge < -0.3 is 41.1 Å². The molecule has 0 aliphatic heterocycles. The Morgan fingerprint density at radius 1 is 1.19 bits per heavy atom. The fourth-order valence-corrected chi connectivity index (χ4v) is 6.28. The van der Waals surface area contributed by atoms with Crippen molar-refractivity contribution in [3.63, 3.8) is 0 Å². The quantitative estimate of drug-likeness (QED) is 0.245. The van der Waals surface area contributed by atoms with Crippen molar-refractivity contribution in [1.82, 2.24) is 4.90 Å². The maximum atomic E-state index is 13.8. The number of carbonyl (C=O) groups is 3. The molecule has 36 heavy (non-hydrogen) atoms. The summed E-state index contributed by atoms with van der Waals surface area (Å²) < 4.78 is 5.11. The van der Waals surface area contributed by atoms with Crippen LogP contribution in [-0.2, 0) is 20.0 Å². The van der Waals surface area contributed by atoms with Gasteiger partial charge in [0.05, 0.1) is 52.9 Å². The number of rotatable bonds is 3. The molecule has 1 saturated carbocycles. The highest BCUT2D eigenvalue weighted by Crippen LogP contribution is 2.59. The van der Waals surface area contributed by atoms with Crippen molar-refractivity contribution in [2.75, 3.05) is 21.2 Å². The van der Waals surface area contributed by atoms with E-state index in [1.807, 2.05) is 0 Å². The number of ketones is 2. The zero-order valence-corrected chi connectivity index (χ0v) is 20.4. The third-order valence-corrected chi connectivity index (χ3v) is 7.76. The molecule has 0 aromatic heterocycles. The van der Waals surface area contributed by atoms with E-state index in [0.29, 0.717) is 0 Å². The number of phenols is 1. The molecule has 8 N–H and O–H groups in total. The number of aliphatic hydroxyl groups is 5. The molecular formula is C23H25ClN2O10. The van der Waals surface area contributed by atoms with Gasteiger partial charge in [-0.1, -0.05) is 11.6 Å². The second kappa shape index (κ2) is 7.92. The van der Waals surface area contributed by atoms with Crippen LogP contribution in [0.25, 0.3) is 5.76 Å². The number of carbonyl (C=O) groups excluding carboxylic acids is 3. The Morgan fingerprint density at radius 2 is 1.78 bits per heavy atom. The van der Waals surface area contributed by atoms with Crippen molar-refractivity contribution in [3.8, 4) is 11.5 Å². The smallest absolute Gasteiger partial charge is 0.255 e. The Kier molecular flexibility index (Phi) is 5.70. The van der Waals surface area contributed by atoms with Crippen LogP contribution < -0.4 is 10.5 Å². The zero-order valence-electron chi connectivity index (χ0n) is 19.6. The molecule has 4 rings (SSSR count). The summed E-state index contributed by atoms with van der Waals surface area (Å²) in [5.74, 6) is -10.5. The molecule has 3 aliphatic carbocycles. The summed E-state index contributed by atoms with van der Waals surface area (Å²) >= 11 is 6.40. The standard InChI is InChI=1S/C23H25ClN2O10/c1-22(34)11-8(6(27)5-7(36-4)14(11)24)16(28)9-12(22)18(30)13-15(26(2)3)17(29)10(21(25)33)20(32)23(13,35)19(9)31/h5,12-13,15,18,27-28,30,32,34-35H,1-4H3,(H2,25,33). The largest absolute Gasteiger partial charge is 0.508 e. The molecule has 0 radical (unpaired) electrons. The van der Waals surface area contributed by atoms with Gasteiger partial charge in [0, 0.05) is 11.6 Å². The first kappa shape index (κ1) is 25.9. The van der Waals surface area contributed by atoms with E-state index < -0.39 is 86.6 Å². The molecule has 1 aromatic carbocycles. The molecular weight excluding hydrogens is 500 g/mol. The number of aliphatic hydroxyl groups excluding tert-OH is 3. The van der Waals surface area contributed by atoms with Crippen molar-refractivity contribution in [3.05, 3.63) is 39.1 Å². The summed E-state index contributed by atoms with van der Waals surface area (Å²) in [5, 5.41) is 67.2. The molecule has 6 unspecified atom stereocenters. The summed E-state index contributed by atoms with van der Waals surface area (Å²) in [4.78, 5) is 40.2. The molecule has 0 spiro atoms. The van der Waals surface area contributed by atoms with Gasteiger partial charge >= 0.3 is 0 Å². The maximum Gasteiger partial charge on any atom is 0.255 e. The van der Waals surface area contributed by atoms with Gasteiger partial charge in [-0.05, 0) is 21.0 Å². The van der Waals surface area contributed by atoms with E-state index in [1.165, 1.54) is 26.1 Å². The number of Topliss-reactive ketones (excluding diaryl/α,β-unsaturated/α-hetero) is 2. The van der Waals surface area contributed by atoms with Crippen LogP contribution in [0.1, 0.15) is 18.1 Å². The van der Waals surface area contributed by atoms with Crippen molar-refractivity contribution < 1.29 is 49.8 Å². The van der Waals surface area contributed by atoms with Gasteiger partial charge in [-0.3, -0.25) is 19.3 Å². The topological polar surface area (TPSA) is 211 Å². The Balaban J connectivity index is 2.13. The van der Waals surface area contributed by atoms with Crippen LogP contribution in [0, 0.1) is 11.8 Å². The van der Waals surface area contributed by atoms with Crippen molar-refractivity contribution in [2.45, 2.75) is 30.3 Å². The van der Waals surface area contributed by atoms with Gasteiger partial charge in [0.1, 0.15) is 28.6 Å². The number of aromatic hydroxyl groups is 1. The number of halogens is 1. The van der Waals surface area contributed by atoms with E-state index in [0.717, 1.165) is 13.0 Å². The molecule has 6 atom stereocenters. The zero-order chi connectivity index (χ0) is 27.2.